The first kappa shape index (κ1) is 16.2. The minimum absolute atomic E-state index is 0.173. The van der Waals surface area contributed by atoms with Crippen LogP contribution < -0.4 is 10.6 Å². The van der Waals surface area contributed by atoms with E-state index in [1.165, 1.54) is 19.2 Å². The SMILES string of the molecule is COC(=O)C1=C2NC(Cc3ccc(C(F)(F)F)cc3)=CC2NC=C1. The molecule has 0 aromatic heterocycles. The lowest BCUT2D eigenvalue weighted by atomic mass is 10.1. The second kappa shape index (κ2) is 6.07. The van der Waals surface area contributed by atoms with Gasteiger partial charge in [0.15, 0.2) is 0 Å². The number of benzene rings is 1. The largest absolute Gasteiger partial charge is 0.465 e. The van der Waals surface area contributed by atoms with Gasteiger partial charge in [-0.2, -0.15) is 13.2 Å². The second-order valence-electron chi connectivity index (χ2n) is 5.48. The number of carbonyl (C=O) groups excluding carboxylic acids is 1. The van der Waals surface area contributed by atoms with E-state index in [0.29, 0.717) is 17.7 Å². The molecule has 126 valence electrons. The Kier molecular flexibility index (Phi) is 4.09. The third-order valence-electron chi connectivity index (χ3n) is 3.87. The maximum atomic E-state index is 12.6. The van der Waals surface area contributed by atoms with Gasteiger partial charge in [-0.1, -0.05) is 12.1 Å². The molecule has 0 fully saturated rings. The van der Waals surface area contributed by atoms with Crippen molar-refractivity contribution in [2.45, 2.75) is 18.6 Å². The van der Waals surface area contributed by atoms with Crippen LogP contribution in [0.5, 0.6) is 0 Å². The van der Waals surface area contributed by atoms with Crippen molar-refractivity contribution < 1.29 is 22.7 Å². The van der Waals surface area contributed by atoms with Crippen molar-refractivity contribution in [2.75, 3.05) is 7.11 Å². The van der Waals surface area contributed by atoms with Gasteiger partial charge >= 0.3 is 12.1 Å². The smallest absolute Gasteiger partial charge is 0.416 e. The van der Waals surface area contributed by atoms with Gasteiger partial charge in [0.1, 0.15) is 0 Å². The summed E-state index contributed by atoms with van der Waals surface area (Å²) < 4.78 is 42.5. The summed E-state index contributed by atoms with van der Waals surface area (Å²) in [7, 11) is 1.31. The number of alkyl halides is 3. The van der Waals surface area contributed by atoms with E-state index in [9.17, 15) is 18.0 Å². The molecule has 0 radical (unpaired) electrons. The summed E-state index contributed by atoms with van der Waals surface area (Å²) >= 11 is 0. The van der Waals surface area contributed by atoms with Crippen molar-refractivity contribution in [3.63, 3.8) is 0 Å². The van der Waals surface area contributed by atoms with Crippen LogP contribution in [-0.2, 0) is 22.1 Å². The van der Waals surface area contributed by atoms with Gasteiger partial charge in [0.2, 0.25) is 0 Å². The monoisotopic (exact) mass is 336 g/mol. The first-order valence-electron chi connectivity index (χ1n) is 7.27. The highest BCUT2D eigenvalue weighted by Gasteiger charge is 2.30. The highest BCUT2D eigenvalue weighted by atomic mass is 19.4. The molecule has 1 aromatic rings. The van der Waals surface area contributed by atoms with E-state index >= 15 is 0 Å². The molecule has 2 heterocycles. The van der Waals surface area contributed by atoms with Gasteiger partial charge in [0, 0.05) is 12.1 Å². The van der Waals surface area contributed by atoms with E-state index in [1.807, 2.05) is 6.08 Å². The molecular formula is C17H15F3N2O2. The van der Waals surface area contributed by atoms with Crippen molar-refractivity contribution in [1.29, 1.82) is 0 Å². The molecule has 1 aromatic carbocycles. The summed E-state index contributed by atoms with van der Waals surface area (Å²) in [6, 6.07) is 4.87. The van der Waals surface area contributed by atoms with Crippen LogP contribution in [-0.4, -0.2) is 19.1 Å². The van der Waals surface area contributed by atoms with E-state index in [4.69, 9.17) is 4.74 Å². The number of dihydropyridines is 1. The average Bonchev–Trinajstić information content (AvgIpc) is 2.96. The number of allylic oxidation sites excluding steroid dienone is 1. The lowest BCUT2D eigenvalue weighted by Gasteiger charge is -2.18. The molecule has 0 bridgehead atoms. The Morgan fingerprint density at radius 2 is 1.96 bits per heavy atom. The van der Waals surface area contributed by atoms with E-state index < -0.39 is 17.7 Å². The van der Waals surface area contributed by atoms with E-state index in [0.717, 1.165) is 23.4 Å². The Morgan fingerprint density at radius 1 is 1.25 bits per heavy atom. The Bertz CT molecular complexity index is 746. The second-order valence-corrected chi connectivity index (χ2v) is 5.48. The molecule has 2 N–H and O–H groups in total. The minimum Gasteiger partial charge on any atom is -0.465 e. The first-order chi connectivity index (χ1) is 11.4. The van der Waals surface area contributed by atoms with E-state index in [-0.39, 0.29) is 6.04 Å². The zero-order valence-electron chi connectivity index (χ0n) is 12.8. The number of rotatable bonds is 3. The number of hydrogen-bond donors (Lipinski definition) is 2. The number of carbonyl (C=O) groups is 1. The van der Waals surface area contributed by atoms with Crippen LogP contribution in [0.2, 0.25) is 0 Å². The molecule has 0 saturated carbocycles. The Morgan fingerprint density at radius 3 is 2.58 bits per heavy atom. The fourth-order valence-electron chi connectivity index (χ4n) is 2.69. The highest BCUT2D eigenvalue weighted by molar-refractivity contribution is 5.93. The maximum Gasteiger partial charge on any atom is 0.416 e. The van der Waals surface area contributed by atoms with Gasteiger partial charge in [0.25, 0.3) is 0 Å². The molecule has 2 aliphatic rings. The molecule has 1 atom stereocenters. The lowest BCUT2D eigenvalue weighted by molar-refractivity contribution is -0.137. The zero-order chi connectivity index (χ0) is 17.3. The van der Waals surface area contributed by atoms with E-state index in [2.05, 4.69) is 10.6 Å². The summed E-state index contributed by atoms with van der Waals surface area (Å²) in [5, 5.41) is 6.26. The molecular weight excluding hydrogens is 321 g/mol. The zero-order valence-corrected chi connectivity index (χ0v) is 12.8. The van der Waals surface area contributed by atoms with Gasteiger partial charge < -0.3 is 15.4 Å². The fourth-order valence-corrected chi connectivity index (χ4v) is 2.69. The lowest BCUT2D eigenvalue weighted by Crippen LogP contribution is -2.31. The Hall–Kier alpha value is -2.70. The van der Waals surface area contributed by atoms with Crippen LogP contribution in [0.3, 0.4) is 0 Å². The molecule has 1 unspecified atom stereocenters. The summed E-state index contributed by atoms with van der Waals surface area (Å²) in [5.41, 5.74) is 2.00. The standard InChI is InChI=1S/C17H15F3N2O2/c1-24-16(23)13-6-7-21-14-9-12(22-15(13)14)8-10-2-4-11(5-3-10)17(18,19)20/h2-7,9,14,21-22H,8H2,1H3. The quantitative estimate of drug-likeness (QED) is 0.834. The molecule has 3 rings (SSSR count). The molecule has 2 aliphatic heterocycles. The van der Waals surface area contributed by atoms with Gasteiger partial charge in [-0.25, -0.2) is 4.79 Å². The number of fused-ring (bicyclic) bond motifs is 1. The van der Waals surface area contributed by atoms with Crippen LogP contribution in [0.4, 0.5) is 13.2 Å². The minimum atomic E-state index is -4.34. The summed E-state index contributed by atoms with van der Waals surface area (Å²) in [6.07, 6.45) is 1.29. The Labute approximate surface area is 136 Å². The fraction of sp³-hybridized carbons (Fsp3) is 0.235. The predicted molar refractivity (Wildman–Crippen MR) is 81.5 cm³/mol. The van der Waals surface area contributed by atoms with Gasteiger partial charge in [0.05, 0.1) is 30.0 Å². The van der Waals surface area contributed by atoms with Gasteiger partial charge in [-0.3, -0.25) is 0 Å². The third kappa shape index (κ3) is 3.15. The average molecular weight is 336 g/mol. The molecule has 0 spiro atoms. The molecule has 0 aliphatic carbocycles. The molecule has 7 heteroatoms. The van der Waals surface area contributed by atoms with Crippen molar-refractivity contribution in [1.82, 2.24) is 10.6 Å². The highest BCUT2D eigenvalue weighted by Crippen LogP contribution is 2.30. The van der Waals surface area contributed by atoms with E-state index in [1.54, 1.807) is 12.3 Å². The van der Waals surface area contributed by atoms with Crippen LogP contribution in [0.15, 0.2) is 59.6 Å². The Balaban J connectivity index is 1.75. The van der Waals surface area contributed by atoms with Crippen LogP contribution in [0, 0.1) is 0 Å². The van der Waals surface area contributed by atoms with Crippen molar-refractivity contribution in [3.05, 3.63) is 70.7 Å². The number of nitrogens with one attached hydrogen (secondary N) is 2. The summed E-state index contributed by atoms with van der Waals surface area (Å²) in [6.45, 7) is 0. The topological polar surface area (TPSA) is 50.4 Å². The molecule has 0 amide bonds. The third-order valence-corrected chi connectivity index (χ3v) is 3.87. The number of ether oxygens (including phenoxy) is 1. The van der Waals surface area contributed by atoms with Crippen LogP contribution in [0.1, 0.15) is 11.1 Å². The van der Waals surface area contributed by atoms with Crippen molar-refractivity contribution >= 4 is 5.97 Å². The van der Waals surface area contributed by atoms with Crippen LogP contribution in [0.25, 0.3) is 0 Å². The number of methoxy groups -OCH3 is 1. The number of halogens is 3. The molecule has 24 heavy (non-hydrogen) atoms. The van der Waals surface area contributed by atoms with Gasteiger partial charge in [-0.05, 0) is 36.0 Å². The van der Waals surface area contributed by atoms with Gasteiger partial charge in [-0.15, -0.1) is 0 Å². The normalized spacial score (nSPS) is 19.3. The summed E-state index contributed by atoms with van der Waals surface area (Å²) in [5.74, 6) is -0.440. The number of hydrogen-bond acceptors (Lipinski definition) is 4. The number of esters is 1. The molecule has 0 saturated heterocycles. The predicted octanol–water partition coefficient (Wildman–Crippen LogP) is 2.65. The molecule has 4 nitrogen and oxygen atoms in total. The van der Waals surface area contributed by atoms with Crippen molar-refractivity contribution in [2.24, 2.45) is 0 Å². The van der Waals surface area contributed by atoms with Crippen molar-refractivity contribution in [3.8, 4) is 0 Å². The first-order valence-corrected chi connectivity index (χ1v) is 7.27. The summed E-state index contributed by atoms with van der Waals surface area (Å²) in [4.78, 5) is 11.8. The van der Waals surface area contributed by atoms with Crippen LogP contribution >= 0.6 is 0 Å². The maximum absolute atomic E-state index is 12.6.